The van der Waals surface area contributed by atoms with E-state index in [1.165, 1.54) is 7.11 Å². The second-order valence-corrected chi connectivity index (χ2v) is 3.74. The first-order valence-electron chi connectivity index (χ1n) is 6.31. The van der Waals surface area contributed by atoms with Crippen molar-refractivity contribution in [2.75, 3.05) is 47.1 Å². The van der Waals surface area contributed by atoms with Crippen molar-refractivity contribution in [3.05, 3.63) is 11.6 Å². The first-order chi connectivity index (χ1) is 8.76. The number of hydrogen-bond acceptors (Lipinski definition) is 5. The van der Waals surface area contributed by atoms with Crippen molar-refractivity contribution >= 4 is 5.97 Å². The molecular weight excluding hydrogens is 234 g/mol. The topological polar surface area (TPSA) is 56.8 Å². The third-order valence-corrected chi connectivity index (χ3v) is 2.40. The lowest BCUT2D eigenvalue weighted by Crippen LogP contribution is -2.18. The van der Waals surface area contributed by atoms with Crippen LogP contribution in [0, 0.1) is 0 Å². The van der Waals surface area contributed by atoms with Gasteiger partial charge in [-0.05, 0) is 19.4 Å². The fourth-order valence-electron chi connectivity index (χ4n) is 1.34. The molecule has 0 radical (unpaired) electrons. The maximum Gasteiger partial charge on any atom is 0.333 e. The Balaban J connectivity index is 3.48. The van der Waals surface area contributed by atoms with Crippen molar-refractivity contribution in [1.82, 2.24) is 5.32 Å². The lowest BCUT2D eigenvalue weighted by molar-refractivity contribution is -0.136. The average molecular weight is 259 g/mol. The number of carbonyl (C=O) groups excluding carboxylic acids is 1. The second-order valence-electron chi connectivity index (χ2n) is 3.74. The van der Waals surface area contributed by atoms with Crippen LogP contribution in [0.5, 0.6) is 0 Å². The summed E-state index contributed by atoms with van der Waals surface area (Å²) in [5, 5.41) is 3.22. The first kappa shape index (κ1) is 17.1. The molecule has 5 nitrogen and oxygen atoms in total. The Labute approximate surface area is 109 Å². The summed E-state index contributed by atoms with van der Waals surface area (Å²) in [5.74, 6) is -0.248. The van der Waals surface area contributed by atoms with Crippen molar-refractivity contribution in [3.63, 3.8) is 0 Å². The molecule has 0 aliphatic heterocycles. The van der Waals surface area contributed by atoms with Gasteiger partial charge in [0.05, 0.1) is 20.3 Å². The molecule has 0 saturated carbocycles. The van der Waals surface area contributed by atoms with Crippen LogP contribution in [-0.4, -0.2) is 53.1 Å². The summed E-state index contributed by atoms with van der Waals surface area (Å²) < 4.78 is 14.9. The minimum atomic E-state index is -0.248. The molecule has 0 amide bonds. The molecule has 0 heterocycles. The zero-order valence-electron chi connectivity index (χ0n) is 11.7. The highest BCUT2D eigenvalue weighted by atomic mass is 16.5. The van der Waals surface area contributed by atoms with E-state index < -0.39 is 0 Å². The Hall–Kier alpha value is -0.910. The number of hydrogen-bond donors (Lipinski definition) is 1. The largest absolute Gasteiger partial charge is 0.466 e. The summed E-state index contributed by atoms with van der Waals surface area (Å²) in [7, 11) is 3.06. The van der Waals surface area contributed by atoms with E-state index in [0.29, 0.717) is 31.8 Å². The molecule has 0 aliphatic carbocycles. The molecule has 0 unspecified atom stereocenters. The summed E-state index contributed by atoms with van der Waals surface area (Å²) >= 11 is 0. The van der Waals surface area contributed by atoms with Gasteiger partial charge in [0.15, 0.2) is 0 Å². The predicted molar refractivity (Wildman–Crippen MR) is 70.6 cm³/mol. The zero-order valence-corrected chi connectivity index (χ0v) is 11.7. The first-order valence-corrected chi connectivity index (χ1v) is 6.31. The quantitative estimate of drug-likeness (QED) is 0.342. The summed E-state index contributed by atoms with van der Waals surface area (Å²) in [4.78, 5) is 11.3. The zero-order chi connectivity index (χ0) is 13.6. The van der Waals surface area contributed by atoms with Crippen LogP contribution in [-0.2, 0) is 19.0 Å². The third-order valence-electron chi connectivity index (χ3n) is 2.40. The highest BCUT2D eigenvalue weighted by Gasteiger charge is 2.05. The Bertz CT molecular complexity index is 241. The van der Waals surface area contributed by atoms with Crippen LogP contribution < -0.4 is 5.32 Å². The van der Waals surface area contributed by atoms with Crippen LogP contribution in [0.15, 0.2) is 11.6 Å². The standard InChI is InChI=1S/C13H25NO4/c1-4-12(13(15)17-3)6-8-14-7-5-9-18-11-10-16-2/h6,14H,4-5,7-11H2,1-3H3. The van der Waals surface area contributed by atoms with Gasteiger partial charge in [0.2, 0.25) is 0 Å². The van der Waals surface area contributed by atoms with Crippen LogP contribution in [0.3, 0.4) is 0 Å². The monoisotopic (exact) mass is 259 g/mol. The van der Waals surface area contributed by atoms with Crippen LogP contribution in [0.25, 0.3) is 0 Å². The molecule has 0 fully saturated rings. The van der Waals surface area contributed by atoms with Crippen molar-refractivity contribution in [2.24, 2.45) is 0 Å². The molecule has 0 aromatic rings. The SMILES string of the molecule is CCC(=CCNCCCOCCOC)C(=O)OC. The molecule has 0 spiro atoms. The number of nitrogens with one attached hydrogen (secondary N) is 1. The fourth-order valence-corrected chi connectivity index (χ4v) is 1.34. The highest BCUT2D eigenvalue weighted by molar-refractivity contribution is 5.88. The molecular formula is C13H25NO4. The van der Waals surface area contributed by atoms with Gasteiger partial charge in [-0.2, -0.15) is 0 Å². The highest BCUT2D eigenvalue weighted by Crippen LogP contribution is 2.01. The number of methoxy groups -OCH3 is 2. The predicted octanol–water partition coefficient (Wildman–Crippen LogP) is 1.14. The van der Waals surface area contributed by atoms with Gasteiger partial charge < -0.3 is 19.5 Å². The lowest BCUT2D eigenvalue weighted by atomic mass is 10.2. The lowest BCUT2D eigenvalue weighted by Gasteiger charge is -2.05. The normalized spacial score (nSPS) is 11.6. The Morgan fingerprint density at radius 2 is 2.00 bits per heavy atom. The Morgan fingerprint density at radius 1 is 1.22 bits per heavy atom. The molecule has 18 heavy (non-hydrogen) atoms. The van der Waals surface area contributed by atoms with E-state index >= 15 is 0 Å². The molecule has 0 bridgehead atoms. The van der Waals surface area contributed by atoms with Gasteiger partial charge in [0, 0.05) is 25.8 Å². The third kappa shape index (κ3) is 9.15. The fraction of sp³-hybridized carbons (Fsp3) is 0.769. The maximum absolute atomic E-state index is 11.3. The van der Waals surface area contributed by atoms with Crippen molar-refractivity contribution in [1.29, 1.82) is 0 Å². The van der Waals surface area contributed by atoms with E-state index in [4.69, 9.17) is 9.47 Å². The van der Waals surface area contributed by atoms with Gasteiger partial charge >= 0.3 is 5.97 Å². The van der Waals surface area contributed by atoms with Crippen molar-refractivity contribution < 1.29 is 19.0 Å². The molecule has 0 aromatic heterocycles. The molecule has 0 aromatic carbocycles. The average Bonchev–Trinajstić information content (AvgIpc) is 2.40. The molecule has 0 rings (SSSR count). The second kappa shape index (κ2) is 12.5. The smallest absolute Gasteiger partial charge is 0.333 e. The van der Waals surface area contributed by atoms with E-state index in [1.54, 1.807) is 7.11 Å². The van der Waals surface area contributed by atoms with Gasteiger partial charge in [-0.3, -0.25) is 0 Å². The summed E-state index contributed by atoms with van der Waals surface area (Å²) in [6.07, 6.45) is 3.50. The summed E-state index contributed by atoms with van der Waals surface area (Å²) in [5.41, 5.74) is 0.710. The van der Waals surface area contributed by atoms with Gasteiger partial charge in [0.1, 0.15) is 0 Å². The number of esters is 1. The van der Waals surface area contributed by atoms with Gasteiger partial charge in [-0.25, -0.2) is 4.79 Å². The van der Waals surface area contributed by atoms with Gasteiger partial charge in [-0.1, -0.05) is 13.0 Å². The molecule has 5 heteroatoms. The Kier molecular flexibility index (Phi) is 11.9. The number of carbonyl (C=O) groups is 1. The van der Waals surface area contributed by atoms with E-state index in [-0.39, 0.29) is 5.97 Å². The van der Waals surface area contributed by atoms with Crippen LogP contribution in [0.1, 0.15) is 19.8 Å². The van der Waals surface area contributed by atoms with Crippen LogP contribution in [0.4, 0.5) is 0 Å². The van der Waals surface area contributed by atoms with E-state index in [2.05, 4.69) is 10.1 Å². The van der Waals surface area contributed by atoms with Crippen molar-refractivity contribution in [2.45, 2.75) is 19.8 Å². The van der Waals surface area contributed by atoms with E-state index in [0.717, 1.165) is 19.6 Å². The van der Waals surface area contributed by atoms with Crippen LogP contribution in [0.2, 0.25) is 0 Å². The van der Waals surface area contributed by atoms with Gasteiger partial charge in [0.25, 0.3) is 0 Å². The molecule has 106 valence electrons. The minimum absolute atomic E-state index is 0.248. The molecule has 0 saturated heterocycles. The Morgan fingerprint density at radius 3 is 2.61 bits per heavy atom. The van der Waals surface area contributed by atoms with E-state index in [1.807, 2.05) is 13.0 Å². The summed E-state index contributed by atoms with van der Waals surface area (Å²) in [6, 6.07) is 0. The maximum atomic E-state index is 11.3. The molecule has 1 N–H and O–H groups in total. The minimum Gasteiger partial charge on any atom is -0.466 e. The number of rotatable bonds is 11. The molecule has 0 aliphatic rings. The van der Waals surface area contributed by atoms with Crippen molar-refractivity contribution in [3.8, 4) is 0 Å². The summed E-state index contributed by atoms with van der Waals surface area (Å²) in [6.45, 7) is 5.47. The number of ether oxygens (including phenoxy) is 3. The van der Waals surface area contributed by atoms with Gasteiger partial charge in [-0.15, -0.1) is 0 Å². The molecule has 0 atom stereocenters. The van der Waals surface area contributed by atoms with E-state index in [9.17, 15) is 4.79 Å². The van der Waals surface area contributed by atoms with Crippen LogP contribution >= 0.6 is 0 Å².